The Morgan fingerprint density at radius 2 is 1.81 bits per heavy atom. The Hall–Kier alpha value is -1.06. The van der Waals surface area contributed by atoms with E-state index in [4.69, 9.17) is 14.2 Å². The highest BCUT2D eigenvalue weighted by atomic mass is 16.5. The number of ether oxygens (including phenoxy) is 3. The topological polar surface area (TPSA) is 27.7 Å². The lowest BCUT2D eigenvalue weighted by Gasteiger charge is -2.36. The Kier molecular flexibility index (Phi) is 3.46. The highest BCUT2D eigenvalue weighted by molar-refractivity contribution is 5.31. The number of rotatable bonds is 3. The van der Waals surface area contributed by atoms with Crippen LogP contribution >= 0.6 is 0 Å². The standard InChI is InChI=1S/C13H17O3/c1-14-12-5-3-11(4-6-12)13(15-2)7-9-16-10-8-13/h3-6H,1,7-10H2,2H3. The van der Waals surface area contributed by atoms with Crippen LogP contribution in [-0.2, 0) is 15.1 Å². The Labute approximate surface area is 96.3 Å². The van der Waals surface area contributed by atoms with Gasteiger partial charge in [0.1, 0.15) is 12.9 Å². The van der Waals surface area contributed by atoms with Crippen LogP contribution < -0.4 is 4.74 Å². The highest BCUT2D eigenvalue weighted by Crippen LogP contribution is 2.35. The normalized spacial score (nSPS) is 19.4. The average molecular weight is 221 g/mol. The monoisotopic (exact) mass is 221 g/mol. The van der Waals surface area contributed by atoms with Crippen LogP contribution in [0.3, 0.4) is 0 Å². The quantitative estimate of drug-likeness (QED) is 0.785. The van der Waals surface area contributed by atoms with Crippen LogP contribution in [0.15, 0.2) is 24.3 Å². The molecule has 0 aromatic heterocycles. The molecule has 3 nitrogen and oxygen atoms in total. The van der Waals surface area contributed by atoms with Gasteiger partial charge in [-0.2, -0.15) is 0 Å². The maximum atomic E-state index is 5.70. The summed E-state index contributed by atoms with van der Waals surface area (Å²) in [6.07, 6.45) is 1.79. The summed E-state index contributed by atoms with van der Waals surface area (Å²) >= 11 is 0. The fraction of sp³-hybridized carbons (Fsp3) is 0.462. The molecule has 87 valence electrons. The SMILES string of the molecule is [CH2]Oc1ccc(C2(OC)CCOCC2)cc1. The summed E-state index contributed by atoms with van der Waals surface area (Å²) in [6, 6.07) is 7.90. The van der Waals surface area contributed by atoms with Gasteiger partial charge in [0.2, 0.25) is 0 Å². The molecule has 1 aliphatic rings. The molecule has 2 rings (SSSR count). The minimum atomic E-state index is -0.196. The zero-order valence-electron chi connectivity index (χ0n) is 9.57. The third-order valence-corrected chi connectivity index (χ3v) is 3.24. The molecule has 1 aliphatic heterocycles. The lowest BCUT2D eigenvalue weighted by Crippen LogP contribution is -2.35. The van der Waals surface area contributed by atoms with E-state index in [1.54, 1.807) is 7.11 Å². The molecule has 0 amide bonds. The number of methoxy groups -OCH3 is 1. The lowest BCUT2D eigenvalue weighted by atomic mass is 9.86. The van der Waals surface area contributed by atoms with Crippen molar-refractivity contribution in [1.82, 2.24) is 0 Å². The zero-order valence-corrected chi connectivity index (χ0v) is 9.57. The van der Waals surface area contributed by atoms with Crippen molar-refractivity contribution in [1.29, 1.82) is 0 Å². The molecule has 0 aliphatic carbocycles. The first-order valence-electron chi connectivity index (χ1n) is 5.46. The fourth-order valence-electron chi connectivity index (χ4n) is 2.17. The van der Waals surface area contributed by atoms with Gasteiger partial charge in [-0.05, 0) is 17.7 Å². The van der Waals surface area contributed by atoms with Crippen molar-refractivity contribution >= 4 is 0 Å². The molecular weight excluding hydrogens is 204 g/mol. The maximum Gasteiger partial charge on any atom is 0.122 e. The van der Waals surface area contributed by atoms with Crippen LogP contribution in [0.2, 0.25) is 0 Å². The minimum Gasteiger partial charge on any atom is -0.490 e. The van der Waals surface area contributed by atoms with Crippen LogP contribution in [0.4, 0.5) is 0 Å². The zero-order chi connectivity index (χ0) is 11.4. The second-order valence-corrected chi connectivity index (χ2v) is 3.98. The van der Waals surface area contributed by atoms with E-state index >= 15 is 0 Å². The highest BCUT2D eigenvalue weighted by Gasteiger charge is 2.34. The van der Waals surface area contributed by atoms with Crippen molar-refractivity contribution in [3.8, 4) is 5.75 Å². The molecule has 1 aromatic rings. The predicted molar refractivity (Wildman–Crippen MR) is 61.2 cm³/mol. The summed E-state index contributed by atoms with van der Waals surface area (Å²) in [5, 5.41) is 0. The number of benzene rings is 1. The van der Waals surface area contributed by atoms with Gasteiger partial charge >= 0.3 is 0 Å². The Balaban J connectivity index is 2.24. The summed E-state index contributed by atoms with van der Waals surface area (Å²) in [7, 11) is 5.15. The van der Waals surface area contributed by atoms with Crippen LogP contribution in [-0.4, -0.2) is 20.3 Å². The molecule has 0 spiro atoms. The first kappa shape index (κ1) is 11.4. The van der Waals surface area contributed by atoms with Gasteiger partial charge in [0, 0.05) is 33.2 Å². The van der Waals surface area contributed by atoms with Crippen molar-refractivity contribution in [2.45, 2.75) is 18.4 Å². The Morgan fingerprint density at radius 3 is 2.31 bits per heavy atom. The van der Waals surface area contributed by atoms with Gasteiger partial charge in [0.05, 0.1) is 5.60 Å². The van der Waals surface area contributed by atoms with E-state index in [-0.39, 0.29) is 5.60 Å². The number of hydrogen-bond acceptors (Lipinski definition) is 3. The van der Waals surface area contributed by atoms with E-state index in [1.807, 2.05) is 24.3 Å². The third-order valence-electron chi connectivity index (χ3n) is 3.24. The van der Waals surface area contributed by atoms with E-state index in [1.165, 1.54) is 5.56 Å². The van der Waals surface area contributed by atoms with Crippen LogP contribution in [0.5, 0.6) is 5.75 Å². The molecule has 16 heavy (non-hydrogen) atoms. The van der Waals surface area contributed by atoms with E-state index in [0.29, 0.717) is 0 Å². The Morgan fingerprint density at radius 1 is 1.19 bits per heavy atom. The second kappa shape index (κ2) is 4.85. The van der Waals surface area contributed by atoms with Crippen molar-refractivity contribution in [3.63, 3.8) is 0 Å². The summed E-state index contributed by atoms with van der Waals surface area (Å²) < 4.78 is 16.0. The van der Waals surface area contributed by atoms with E-state index in [0.717, 1.165) is 31.8 Å². The van der Waals surface area contributed by atoms with Gasteiger partial charge in [-0.25, -0.2) is 0 Å². The van der Waals surface area contributed by atoms with Crippen molar-refractivity contribution < 1.29 is 14.2 Å². The Bertz CT molecular complexity index is 326. The van der Waals surface area contributed by atoms with E-state index in [2.05, 4.69) is 7.11 Å². The smallest absolute Gasteiger partial charge is 0.122 e. The second-order valence-electron chi connectivity index (χ2n) is 3.98. The summed E-state index contributed by atoms with van der Waals surface area (Å²) in [5.41, 5.74) is 0.983. The predicted octanol–water partition coefficient (Wildman–Crippen LogP) is 2.51. The van der Waals surface area contributed by atoms with Crippen LogP contribution in [0, 0.1) is 7.11 Å². The molecule has 1 aromatic carbocycles. The molecule has 0 bridgehead atoms. The molecule has 3 heteroatoms. The summed E-state index contributed by atoms with van der Waals surface area (Å²) in [6.45, 7) is 1.50. The van der Waals surface area contributed by atoms with Crippen molar-refractivity contribution in [3.05, 3.63) is 36.9 Å². The van der Waals surface area contributed by atoms with Gasteiger partial charge in [0.25, 0.3) is 0 Å². The van der Waals surface area contributed by atoms with E-state index in [9.17, 15) is 0 Å². The minimum absolute atomic E-state index is 0.196. The van der Waals surface area contributed by atoms with Crippen LogP contribution in [0.25, 0.3) is 0 Å². The molecule has 0 unspecified atom stereocenters. The van der Waals surface area contributed by atoms with E-state index < -0.39 is 0 Å². The molecule has 0 saturated carbocycles. The molecule has 1 saturated heterocycles. The van der Waals surface area contributed by atoms with Gasteiger partial charge in [-0.1, -0.05) is 12.1 Å². The summed E-state index contributed by atoms with van der Waals surface area (Å²) in [5.74, 6) is 0.766. The fourth-order valence-corrected chi connectivity index (χ4v) is 2.17. The maximum absolute atomic E-state index is 5.70. The lowest BCUT2D eigenvalue weighted by molar-refractivity contribution is -0.0947. The first-order chi connectivity index (χ1) is 7.80. The van der Waals surface area contributed by atoms with Gasteiger partial charge in [-0.15, -0.1) is 0 Å². The van der Waals surface area contributed by atoms with Crippen molar-refractivity contribution in [2.24, 2.45) is 0 Å². The molecule has 1 heterocycles. The van der Waals surface area contributed by atoms with Gasteiger partial charge in [-0.3, -0.25) is 0 Å². The number of hydrogen-bond donors (Lipinski definition) is 0. The largest absolute Gasteiger partial charge is 0.490 e. The molecule has 1 radical (unpaired) electrons. The first-order valence-corrected chi connectivity index (χ1v) is 5.46. The third kappa shape index (κ3) is 2.06. The van der Waals surface area contributed by atoms with Gasteiger partial charge in [0.15, 0.2) is 0 Å². The van der Waals surface area contributed by atoms with Gasteiger partial charge < -0.3 is 14.2 Å². The average Bonchev–Trinajstić information content (AvgIpc) is 2.39. The van der Waals surface area contributed by atoms with Crippen molar-refractivity contribution in [2.75, 3.05) is 20.3 Å². The molecule has 0 N–H and O–H groups in total. The molecule has 1 fully saturated rings. The van der Waals surface area contributed by atoms with Crippen LogP contribution in [0.1, 0.15) is 18.4 Å². The molecule has 0 atom stereocenters. The molecular formula is C13H17O3. The summed E-state index contributed by atoms with van der Waals surface area (Å²) in [4.78, 5) is 0.